The molecule has 1 saturated heterocycles. The number of hydrogen-bond acceptors (Lipinski definition) is 3. The standard InChI is InChI=1S/C9H13N3O2/c13-6-7-2-1-5-12(7)9(14)8-3-4-10-11-8/h3-4,7,13H,1-2,5-6H2,(H,10,11). The summed E-state index contributed by atoms with van der Waals surface area (Å²) < 4.78 is 0. The van der Waals surface area contributed by atoms with Crippen molar-refractivity contribution in [2.24, 2.45) is 0 Å². The van der Waals surface area contributed by atoms with Crippen LogP contribution in [0.25, 0.3) is 0 Å². The van der Waals surface area contributed by atoms with Gasteiger partial charge in [-0.2, -0.15) is 5.10 Å². The van der Waals surface area contributed by atoms with Gasteiger partial charge < -0.3 is 10.0 Å². The average Bonchev–Trinajstić information content (AvgIpc) is 2.87. The van der Waals surface area contributed by atoms with Crippen LogP contribution in [0.1, 0.15) is 23.3 Å². The second-order valence-corrected chi connectivity index (χ2v) is 3.45. The largest absolute Gasteiger partial charge is 0.394 e. The number of likely N-dealkylation sites (tertiary alicyclic amines) is 1. The molecule has 0 spiro atoms. The molecule has 0 bridgehead atoms. The highest BCUT2D eigenvalue weighted by molar-refractivity contribution is 5.92. The Hall–Kier alpha value is -1.36. The van der Waals surface area contributed by atoms with Crippen LogP contribution in [0.2, 0.25) is 0 Å². The fourth-order valence-electron chi connectivity index (χ4n) is 1.82. The number of nitrogens with zero attached hydrogens (tertiary/aromatic N) is 2. The molecule has 0 aromatic carbocycles. The molecule has 1 aliphatic rings. The predicted molar refractivity (Wildman–Crippen MR) is 49.7 cm³/mol. The highest BCUT2D eigenvalue weighted by atomic mass is 16.3. The van der Waals surface area contributed by atoms with Gasteiger partial charge in [-0.1, -0.05) is 0 Å². The molecule has 0 aliphatic carbocycles. The van der Waals surface area contributed by atoms with Crippen LogP contribution in [0.5, 0.6) is 0 Å². The molecule has 0 saturated carbocycles. The smallest absolute Gasteiger partial charge is 0.272 e. The van der Waals surface area contributed by atoms with Crippen molar-refractivity contribution in [3.8, 4) is 0 Å². The Balaban J connectivity index is 2.11. The van der Waals surface area contributed by atoms with Crippen molar-refractivity contribution in [2.45, 2.75) is 18.9 Å². The minimum absolute atomic E-state index is 0.0224. The number of aromatic nitrogens is 2. The van der Waals surface area contributed by atoms with Gasteiger partial charge in [-0.3, -0.25) is 9.89 Å². The summed E-state index contributed by atoms with van der Waals surface area (Å²) >= 11 is 0. The summed E-state index contributed by atoms with van der Waals surface area (Å²) in [7, 11) is 0. The molecule has 2 rings (SSSR count). The van der Waals surface area contributed by atoms with Gasteiger partial charge in [0.2, 0.25) is 0 Å². The van der Waals surface area contributed by atoms with E-state index in [1.54, 1.807) is 17.2 Å². The number of rotatable bonds is 2. The van der Waals surface area contributed by atoms with Crippen LogP contribution in [0, 0.1) is 0 Å². The van der Waals surface area contributed by atoms with E-state index in [-0.39, 0.29) is 18.6 Å². The lowest BCUT2D eigenvalue weighted by Crippen LogP contribution is -2.37. The van der Waals surface area contributed by atoms with Crippen molar-refractivity contribution >= 4 is 5.91 Å². The van der Waals surface area contributed by atoms with E-state index in [2.05, 4.69) is 10.2 Å². The van der Waals surface area contributed by atoms with Crippen LogP contribution in [0.15, 0.2) is 12.3 Å². The lowest BCUT2D eigenvalue weighted by molar-refractivity contribution is 0.0671. The third kappa shape index (κ3) is 1.50. The average molecular weight is 195 g/mol. The number of carbonyl (C=O) groups is 1. The van der Waals surface area contributed by atoms with Crippen molar-refractivity contribution in [1.82, 2.24) is 15.1 Å². The Morgan fingerprint density at radius 1 is 1.79 bits per heavy atom. The first-order valence-corrected chi connectivity index (χ1v) is 4.74. The van der Waals surface area contributed by atoms with Crippen molar-refractivity contribution in [3.05, 3.63) is 18.0 Å². The number of H-pyrrole nitrogens is 1. The number of aromatic amines is 1. The van der Waals surface area contributed by atoms with E-state index in [1.165, 1.54) is 0 Å². The van der Waals surface area contributed by atoms with Crippen molar-refractivity contribution < 1.29 is 9.90 Å². The van der Waals surface area contributed by atoms with E-state index in [1.807, 2.05) is 0 Å². The first-order chi connectivity index (χ1) is 6.83. The summed E-state index contributed by atoms with van der Waals surface area (Å²) in [6.45, 7) is 0.767. The van der Waals surface area contributed by atoms with E-state index >= 15 is 0 Å². The summed E-state index contributed by atoms with van der Waals surface area (Å²) in [5.41, 5.74) is 0.491. The molecule has 1 unspecified atom stereocenters. The zero-order chi connectivity index (χ0) is 9.97. The highest BCUT2D eigenvalue weighted by Crippen LogP contribution is 2.18. The zero-order valence-electron chi connectivity index (χ0n) is 7.81. The van der Waals surface area contributed by atoms with E-state index in [4.69, 9.17) is 5.11 Å². The molecular weight excluding hydrogens is 182 g/mol. The fraction of sp³-hybridized carbons (Fsp3) is 0.556. The molecule has 1 aromatic rings. The predicted octanol–water partition coefficient (Wildman–Crippen LogP) is 0.00660. The van der Waals surface area contributed by atoms with Gasteiger partial charge in [-0.15, -0.1) is 0 Å². The summed E-state index contributed by atoms with van der Waals surface area (Å²) in [6, 6.07) is 1.63. The van der Waals surface area contributed by atoms with Crippen LogP contribution >= 0.6 is 0 Å². The van der Waals surface area contributed by atoms with Crippen LogP contribution in [-0.4, -0.2) is 45.3 Å². The Bertz CT molecular complexity index is 310. The molecule has 2 heterocycles. The maximum Gasteiger partial charge on any atom is 0.272 e. The maximum atomic E-state index is 11.8. The summed E-state index contributed by atoms with van der Waals surface area (Å²) in [5, 5.41) is 15.4. The second-order valence-electron chi connectivity index (χ2n) is 3.45. The Kier molecular flexibility index (Phi) is 2.49. The van der Waals surface area contributed by atoms with Gasteiger partial charge in [-0.25, -0.2) is 0 Å². The van der Waals surface area contributed by atoms with Gasteiger partial charge in [0.25, 0.3) is 5.91 Å². The summed E-state index contributed by atoms with van der Waals surface area (Å²) in [6.07, 6.45) is 3.40. The van der Waals surface area contributed by atoms with Crippen molar-refractivity contribution in [3.63, 3.8) is 0 Å². The molecule has 0 radical (unpaired) electrons. The minimum Gasteiger partial charge on any atom is -0.394 e. The van der Waals surface area contributed by atoms with Crippen LogP contribution < -0.4 is 0 Å². The molecule has 5 nitrogen and oxygen atoms in total. The zero-order valence-corrected chi connectivity index (χ0v) is 7.81. The third-order valence-electron chi connectivity index (χ3n) is 2.58. The molecule has 1 aliphatic heterocycles. The van der Waals surface area contributed by atoms with Crippen LogP contribution in [-0.2, 0) is 0 Å². The number of amides is 1. The first kappa shape index (κ1) is 9.21. The fourth-order valence-corrected chi connectivity index (χ4v) is 1.82. The minimum atomic E-state index is -0.0703. The summed E-state index contributed by atoms with van der Waals surface area (Å²) in [4.78, 5) is 13.5. The van der Waals surface area contributed by atoms with E-state index in [9.17, 15) is 4.79 Å². The lowest BCUT2D eigenvalue weighted by atomic mass is 10.2. The second kappa shape index (κ2) is 3.79. The maximum absolute atomic E-state index is 11.8. The number of nitrogens with one attached hydrogen (secondary N) is 1. The molecule has 1 aromatic heterocycles. The van der Waals surface area contributed by atoms with Gasteiger partial charge >= 0.3 is 0 Å². The van der Waals surface area contributed by atoms with E-state index in [0.29, 0.717) is 5.69 Å². The Morgan fingerprint density at radius 3 is 3.29 bits per heavy atom. The number of aliphatic hydroxyl groups is 1. The van der Waals surface area contributed by atoms with Crippen molar-refractivity contribution in [1.29, 1.82) is 0 Å². The van der Waals surface area contributed by atoms with Crippen molar-refractivity contribution in [2.75, 3.05) is 13.2 Å². The summed E-state index contributed by atoms with van der Waals surface area (Å²) in [5.74, 6) is -0.0703. The number of hydrogen-bond donors (Lipinski definition) is 2. The molecule has 2 N–H and O–H groups in total. The van der Waals surface area contributed by atoms with Crippen LogP contribution in [0.3, 0.4) is 0 Å². The van der Waals surface area contributed by atoms with Gasteiger partial charge in [-0.05, 0) is 18.9 Å². The van der Waals surface area contributed by atoms with E-state index < -0.39 is 0 Å². The van der Waals surface area contributed by atoms with Gasteiger partial charge in [0.15, 0.2) is 0 Å². The van der Waals surface area contributed by atoms with Crippen LogP contribution in [0.4, 0.5) is 0 Å². The molecular formula is C9H13N3O2. The number of aliphatic hydroxyl groups excluding tert-OH is 1. The normalized spacial score (nSPS) is 21.5. The Morgan fingerprint density at radius 2 is 2.64 bits per heavy atom. The van der Waals surface area contributed by atoms with Gasteiger partial charge in [0.05, 0.1) is 12.6 Å². The molecule has 1 fully saturated rings. The third-order valence-corrected chi connectivity index (χ3v) is 2.58. The lowest BCUT2D eigenvalue weighted by Gasteiger charge is -2.21. The molecule has 5 heteroatoms. The number of carbonyl (C=O) groups excluding carboxylic acids is 1. The monoisotopic (exact) mass is 195 g/mol. The highest BCUT2D eigenvalue weighted by Gasteiger charge is 2.29. The molecule has 76 valence electrons. The molecule has 1 amide bonds. The SMILES string of the molecule is O=C(c1ccn[nH]1)N1CCCC1CO. The molecule has 14 heavy (non-hydrogen) atoms. The quantitative estimate of drug-likeness (QED) is 0.698. The van der Waals surface area contributed by atoms with E-state index in [0.717, 1.165) is 19.4 Å². The first-order valence-electron chi connectivity index (χ1n) is 4.74. The van der Waals surface area contributed by atoms with Gasteiger partial charge in [0.1, 0.15) is 5.69 Å². The molecule has 1 atom stereocenters. The Labute approximate surface area is 81.7 Å². The topological polar surface area (TPSA) is 69.2 Å². The van der Waals surface area contributed by atoms with Gasteiger partial charge in [0, 0.05) is 12.7 Å².